The van der Waals surface area contributed by atoms with Crippen molar-refractivity contribution in [2.24, 2.45) is 0 Å². The number of carbonyl (C=O) groups excluding carboxylic acids is 3. The smallest absolute Gasteiger partial charge is 0.325 e. The molecule has 0 unspecified atom stereocenters. The minimum Gasteiger partial charge on any atom is -0.454 e. The van der Waals surface area contributed by atoms with Gasteiger partial charge < -0.3 is 15.0 Å². The van der Waals surface area contributed by atoms with Gasteiger partial charge in [-0.15, -0.1) is 0 Å². The lowest BCUT2D eigenvalue weighted by Gasteiger charge is -2.17. The van der Waals surface area contributed by atoms with Gasteiger partial charge in [0.05, 0.1) is 6.42 Å². The second-order valence-electron chi connectivity index (χ2n) is 7.09. The van der Waals surface area contributed by atoms with Crippen molar-refractivity contribution in [2.75, 3.05) is 20.2 Å². The van der Waals surface area contributed by atoms with E-state index in [9.17, 15) is 18.8 Å². The molecular weight excluding hydrogens is 399 g/mol. The Kier molecular flexibility index (Phi) is 7.32. The molecule has 0 aliphatic carbocycles. The van der Waals surface area contributed by atoms with Gasteiger partial charge in [0.15, 0.2) is 6.61 Å². The van der Waals surface area contributed by atoms with E-state index in [2.05, 4.69) is 5.32 Å². The van der Waals surface area contributed by atoms with Crippen LogP contribution in [0.1, 0.15) is 11.1 Å². The highest BCUT2D eigenvalue weighted by Gasteiger charge is 2.15. The summed E-state index contributed by atoms with van der Waals surface area (Å²) in [5, 5.41) is 4.52. The Hall–Kier alpha value is -3.74. The second kappa shape index (κ2) is 10.3. The number of nitrogens with one attached hydrogen (secondary N) is 1. The van der Waals surface area contributed by atoms with Crippen molar-refractivity contribution in [3.8, 4) is 0 Å². The lowest BCUT2D eigenvalue weighted by molar-refractivity contribution is -0.151. The SMILES string of the molecule is CN(Cc1ccccc1F)C(=O)COC(=O)CNC(=O)Cc1cccc2ccccc12. The van der Waals surface area contributed by atoms with E-state index in [0.717, 1.165) is 16.3 Å². The number of rotatable bonds is 8. The summed E-state index contributed by atoms with van der Waals surface area (Å²) < 4.78 is 18.6. The first kappa shape index (κ1) is 22.0. The van der Waals surface area contributed by atoms with Crippen LogP contribution in [0.5, 0.6) is 0 Å². The van der Waals surface area contributed by atoms with Gasteiger partial charge in [-0.2, -0.15) is 0 Å². The molecule has 3 rings (SSSR count). The average Bonchev–Trinajstić information content (AvgIpc) is 2.77. The van der Waals surface area contributed by atoms with E-state index in [1.807, 2.05) is 42.5 Å². The van der Waals surface area contributed by atoms with Crippen molar-refractivity contribution in [2.45, 2.75) is 13.0 Å². The monoisotopic (exact) mass is 422 g/mol. The molecule has 0 aromatic heterocycles. The standard InChI is InChI=1S/C24H23FN2O4/c1-27(15-19-8-3-5-12-21(19)25)23(29)16-31-24(30)14-26-22(28)13-18-10-6-9-17-7-2-4-11-20(17)18/h2-12H,13-16H2,1H3,(H,26,28). The fourth-order valence-corrected chi connectivity index (χ4v) is 3.13. The first-order chi connectivity index (χ1) is 14.9. The molecule has 3 aromatic rings. The van der Waals surface area contributed by atoms with Crippen LogP contribution in [0.3, 0.4) is 0 Å². The largest absolute Gasteiger partial charge is 0.454 e. The van der Waals surface area contributed by atoms with Crippen molar-refractivity contribution >= 4 is 28.6 Å². The molecule has 0 bridgehead atoms. The van der Waals surface area contributed by atoms with Gasteiger partial charge in [-0.25, -0.2) is 4.39 Å². The van der Waals surface area contributed by atoms with Crippen LogP contribution in [-0.2, 0) is 32.1 Å². The van der Waals surface area contributed by atoms with Crippen LogP contribution < -0.4 is 5.32 Å². The third-order valence-corrected chi connectivity index (χ3v) is 4.81. The van der Waals surface area contributed by atoms with Gasteiger partial charge >= 0.3 is 5.97 Å². The lowest BCUT2D eigenvalue weighted by Crippen LogP contribution is -2.35. The zero-order valence-electron chi connectivity index (χ0n) is 17.1. The summed E-state index contributed by atoms with van der Waals surface area (Å²) in [4.78, 5) is 37.5. The highest BCUT2D eigenvalue weighted by atomic mass is 19.1. The molecule has 0 saturated heterocycles. The van der Waals surface area contributed by atoms with Crippen molar-refractivity contribution in [1.82, 2.24) is 10.2 Å². The number of carbonyl (C=O) groups is 3. The fraction of sp³-hybridized carbons (Fsp3) is 0.208. The predicted octanol–water partition coefficient (Wildman–Crippen LogP) is 2.84. The van der Waals surface area contributed by atoms with E-state index >= 15 is 0 Å². The molecule has 0 aliphatic rings. The topological polar surface area (TPSA) is 75.7 Å². The molecule has 0 atom stereocenters. The summed E-state index contributed by atoms with van der Waals surface area (Å²) in [6.07, 6.45) is 0.124. The molecule has 0 fully saturated rings. The molecule has 6 nitrogen and oxygen atoms in total. The van der Waals surface area contributed by atoms with Crippen molar-refractivity contribution in [1.29, 1.82) is 0 Å². The molecule has 0 saturated carbocycles. The number of benzene rings is 3. The normalized spacial score (nSPS) is 10.5. The van der Waals surface area contributed by atoms with Crippen LogP contribution in [0, 0.1) is 5.82 Å². The van der Waals surface area contributed by atoms with Crippen molar-refractivity contribution in [3.05, 3.63) is 83.7 Å². The maximum absolute atomic E-state index is 13.7. The number of likely N-dealkylation sites (N-methyl/N-ethyl adjacent to an activating group) is 1. The van der Waals surface area contributed by atoms with Crippen LogP contribution in [0.15, 0.2) is 66.7 Å². The second-order valence-corrected chi connectivity index (χ2v) is 7.09. The predicted molar refractivity (Wildman–Crippen MR) is 114 cm³/mol. The van der Waals surface area contributed by atoms with E-state index in [-0.39, 0.29) is 25.4 Å². The maximum Gasteiger partial charge on any atom is 0.325 e. The van der Waals surface area contributed by atoms with E-state index in [1.54, 1.807) is 18.2 Å². The van der Waals surface area contributed by atoms with Crippen LogP contribution in [0.2, 0.25) is 0 Å². The third kappa shape index (κ3) is 6.12. The molecule has 0 heterocycles. The van der Waals surface area contributed by atoms with Crippen LogP contribution in [0.25, 0.3) is 10.8 Å². The highest BCUT2D eigenvalue weighted by Crippen LogP contribution is 2.18. The minimum atomic E-state index is -0.723. The Morgan fingerprint density at radius 1 is 0.935 bits per heavy atom. The van der Waals surface area contributed by atoms with E-state index < -0.39 is 24.3 Å². The zero-order chi connectivity index (χ0) is 22.2. The number of fused-ring (bicyclic) bond motifs is 1. The van der Waals surface area contributed by atoms with Gasteiger partial charge in [0.25, 0.3) is 5.91 Å². The summed E-state index contributed by atoms with van der Waals surface area (Å²) in [6, 6.07) is 19.6. The third-order valence-electron chi connectivity index (χ3n) is 4.81. The summed E-state index contributed by atoms with van der Waals surface area (Å²) in [5.41, 5.74) is 1.22. The number of hydrogen-bond donors (Lipinski definition) is 1. The molecular formula is C24H23FN2O4. The highest BCUT2D eigenvalue weighted by molar-refractivity contribution is 5.91. The average molecular weight is 422 g/mol. The Balaban J connectivity index is 1.43. The Morgan fingerprint density at radius 2 is 1.61 bits per heavy atom. The van der Waals surface area contributed by atoms with Gasteiger partial charge in [0.1, 0.15) is 12.4 Å². The molecule has 3 aromatic carbocycles. The van der Waals surface area contributed by atoms with Gasteiger partial charge in [0.2, 0.25) is 5.91 Å². The molecule has 2 amide bonds. The Morgan fingerprint density at radius 3 is 2.42 bits per heavy atom. The summed E-state index contributed by atoms with van der Waals surface area (Å²) in [7, 11) is 1.49. The molecule has 0 aliphatic heterocycles. The molecule has 7 heteroatoms. The van der Waals surface area contributed by atoms with Gasteiger partial charge in [-0.1, -0.05) is 60.7 Å². The van der Waals surface area contributed by atoms with Crippen LogP contribution in [-0.4, -0.2) is 42.9 Å². The number of nitrogens with zero attached hydrogens (tertiary/aromatic N) is 1. The van der Waals surface area contributed by atoms with Gasteiger partial charge in [-0.05, 0) is 22.4 Å². The van der Waals surface area contributed by atoms with Gasteiger partial charge in [-0.3, -0.25) is 14.4 Å². The van der Waals surface area contributed by atoms with Gasteiger partial charge in [0, 0.05) is 19.2 Å². The fourth-order valence-electron chi connectivity index (χ4n) is 3.13. The number of esters is 1. The van der Waals surface area contributed by atoms with Crippen molar-refractivity contribution in [3.63, 3.8) is 0 Å². The molecule has 0 spiro atoms. The summed E-state index contributed by atoms with van der Waals surface area (Å²) in [6.45, 7) is -0.762. The molecule has 31 heavy (non-hydrogen) atoms. The quantitative estimate of drug-likeness (QED) is 0.567. The number of hydrogen-bond acceptors (Lipinski definition) is 4. The van der Waals surface area contributed by atoms with E-state index in [4.69, 9.17) is 4.74 Å². The zero-order valence-corrected chi connectivity index (χ0v) is 17.1. The summed E-state index contributed by atoms with van der Waals surface area (Å²) in [5.74, 6) is -1.93. The number of halogens is 1. The summed E-state index contributed by atoms with van der Waals surface area (Å²) >= 11 is 0. The maximum atomic E-state index is 13.7. The number of ether oxygens (including phenoxy) is 1. The molecule has 1 N–H and O–H groups in total. The molecule has 160 valence electrons. The molecule has 0 radical (unpaired) electrons. The minimum absolute atomic E-state index is 0.0603. The lowest BCUT2D eigenvalue weighted by atomic mass is 10.0. The first-order valence-electron chi connectivity index (χ1n) is 9.80. The van der Waals surface area contributed by atoms with E-state index in [0.29, 0.717) is 5.56 Å². The Bertz CT molecular complexity index is 1090. The van der Waals surface area contributed by atoms with Crippen LogP contribution >= 0.6 is 0 Å². The van der Waals surface area contributed by atoms with Crippen molar-refractivity contribution < 1.29 is 23.5 Å². The first-order valence-corrected chi connectivity index (χ1v) is 9.80. The van der Waals surface area contributed by atoms with Crippen LogP contribution in [0.4, 0.5) is 4.39 Å². The number of amides is 2. The Labute approximate surface area is 179 Å². The van der Waals surface area contributed by atoms with E-state index in [1.165, 1.54) is 18.0 Å².